The molecule has 12 heavy (non-hydrogen) atoms. The van der Waals surface area contributed by atoms with Gasteiger partial charge < -0.3 is 9.52 Å². The maximum absolute atomic E-state index is 9.51. The van der Waals surface area contributed by atoms with Crippen molar-refractivity contribution in [2.24, 2.45) is 0 Å². The van der Waals surface area contributed by atoms with Crippen molar-refractivity contribution in [3.8, 4) is 0 Å². The van der Waals surface area contributed by atoms with Crippen LogP contribution in [0.3, 0.4) is 0 Å². The molecule has 1 aromatic rings. The molecule has 1 heterocycles. The molecule has 1 rings (SSSR count). The summed E-state index contributed by atoms with van der Waals surface area (Å²) in [5.74, 6) is 0.652. The summed E-state index contributed by atoms with van der Waals surface area (Å²) in [4.78, 5) is 0. The number of rotatable bonds is 5. The van der Waals surface area contributed by atoms with Crippen molar-refractivity contribution in [3.63, 3.8) is 0 Å². The molecule has 0 aromatic carbocycles. The number of hydrogen-bond donors (Lipinski definition) is 1. The average molecular weight is 166 g/mol. The van der Waals surface area contributed by atoms with Crippen LogP contribution in [0.4, 0.5) is 0 Å². The van der Waals surface area contributed by atoms with Crippen LogP contribution in [0.2, 0.25) is 0 Å². The molecule has 2 nitrogen and oxygen atoms in total. The van der Waals surface area contributed by atoms with E-state index in [2.05, 4.69) is 6.58 Å². The molecule has 0 aliphatic heterocycles. The first-order valence-electron chi connectivity index (χ1n) is 4.17. The van der Waals surface area contributed by atoms with Crippen LogP contribution in [0.25, 0.3) is 0 Å². The summed E-state index contributed by atoms with van der Waals surface area (Å²) < 4.78 is 5.05. The summed E-state index contributed by atoms with van der Waals surface area (Å²) in [5, 5.41) is 9.51. The van der Waals surface area contributed by atoms with E-state index < -0.39 is 6.10 Å². The van der Waals surface area contributed by atoms with Gasteiger partial charge in [-0.3, -0.25) is 0 Å². The molecule has 0 saturated carbocycles. The van der Waals surface area contributed by atoms with E-state index in [1.165, 1.54) is 0 Å². The molecule has 66 valence electrons. The van der Waals surface area contributed by atoms with Crippen LogP contribution in [0.15, 0.2) is 35.5 Å². The Balaban J connectivity index is 2.29. The quantitative estimate of drug-likeness (QED) is 0.539. The van der Waals surface area contributed by atoms with Crippen LogP contribution < -0.4 is 0 Å². The first kappa shape index (κ1) is 9.07. The monoisotopic (exact) mass is 166 g/mol. The molecule has 0 fully saturated rings. The molecule has 0 aliphatic carbocycles. The molecule has 0 spiro atoms. The molecule has 0 unspecified atom stereocenters. The summed E-state index contributed by atoms with van der Waals surface area (Å²) in [7, 11) is 0. The Morgan fingerprint density at radius 1 is 1.67 bits per heavy atom. The number of furan rings is 1. The second kappa shape index (κ2) is 4.78. The highest BCUT2D eigenvalue weighted by Crippen LogP contribution is 2.18. The van der Waals surface area contributed by atoms with E-state index in [4.69, 9.17) is 4.42 Å². The van der Waals surface area contributed by atoms with Gasteiger partial charge in [-0.25, -0.2) is 0 Å². The number of hydrogen-bond acceptors (Lipinski definition) is 2. The third-order valence-corrected chi connectivity index (χ3v) is 1.76. The number of unbranched alkanes of at least 4 members (excludes halogenated alkanes) is 1. The van der Waals surface area contributed by atoms with Crippen molar-refractivity contribution in [2.45, 2.75) is 25.4 Å². The van der Waals surface area contributed by atoms with Crippen molar-refractivity contribution >= 4 is 0 Å². The molecular formula is C10H14O2. The van der Waals surface area contributed by atoms with Crippen LogP contribution in [-0.2, 0) is 0 Å². The van der Waals surface area contributed by atoms with Crippen LogP contribution >= 0.6 is 0 Å². The van der Waals surface area contributed by atoms with E-state index >= 15 is 0 Å². The Kier molecular flexibility index (Phi) is 3.61. The maximum Gasteiger partial charge on any atom is 0.132 e. The Hall–Kier alpha value is -1.02. The minimum atomic E-state index is -0.458. The lowest BCUT2D eigenvalue weighted by Crippen LogP contribution is -1.94. The molecular weight excluding hydrogens is 152 g/mol. The van der Waals surface area contributed by atoms with Gasteiger partial charge >= 0.3 is 0 Å². The number of allylic oxidation sites excluding steroid dienone is 1. The van der Waals surface area contributed by atoms with Gasteiger partial charge in [-0.2, -0.15) is 0 Å². The topological polar surface area (TPSA) is 33.4 Å². The Labute approximate surface area is 72.5 Å². The fourth-order valence-corrected chi connectivity index (χ4v) is 1.08. The lowest BCUT2D eigenvalue weighted by Gasteiger charge is -2.05. The second-order valence-corrected chi connectivity index (χ2v) is 2.75. The molecule has 0 saturated heterocycles. The molecule has 0 bridgehead atoms. The van der Waals surface area contributed by atoms with Crippen LogP contribution in [0, 0.1) is 0 Å². The van der Waals surface area contributed by atoms with Crippen molar-refractivity contribution in [3.05, 3.63) is 36.8 Å². The minimum absolute atomic E-state index is 0.458. The predicted octanol–water partition coefficient (Wildman–Crippen LogP) is 2.67. The SMILES string of the molecule is C=CCCC[C@@H](O)c1ccco1. The number of aliphatic hydroxyl groups excluding tert-OH is 1. The van der Waals surface area contributed by atoms with E-state index in [1.807, 2.05) is 6.08 Å². The average Bonchev–Trinajstić information content (AvgIpc) is 2.56. The lowest BCUT2D eigenvalue weighted by atomic mass is 10.1. The molecule has 0 aliphatic rings. The zero-order chi connectivity index (χ0) is 8.81. The van der Waals surface area contributed by atoms with Gasteiger partial charge in [0.1, 0.15) is 11.9 Å². The standard InChI is InChI=1S/C10H14O2/c1-2-3-4-6-9(11)10-7-5-8-12-10/h2,5,7-9,11H,1,3-4,6H2/t9-/m1/s1. The largest absolute Gasteiger partial charge is 0.467 e. The zero-order valence-electron chi connectivity index (χ0n) is 7.07. The van der Waals surface area contributed by atoms with E-state index in [1.54, 1.807) is 18.4 Å². The molecule has 0 radical (unpaired) electrons. The van der Waals surface area contributed by atoms with Crippen LogP contribution in [0.1, 0.15) is 31.1 Å². The van der Waals surface area contributed by atoms with Crippen molar-refractivity contribution in [1.82, 2.24) is 0 Å². The molecule has 1 aromatic heterocycles. The van der Waals surface area contributed by atoms with Gasteiger partial charge in [0.05, 0.1) is 6.26 Å². The first-order chi connectivity index (χ1) is 5.84. The van der Waals surface area contributed by atoms with E-state index in [9.17, 15) is 5.11 Å². The third kappa shape index (κ3) is 2.55. The van der Waals surface area contributed by atoms with Crippen molar-refractivity contribution in [2.75, 3.05) is 0 Å². The highest BCUT2D eigenvalue weighted by atomic mass is 16.4. The third-order valence-electron chi connectivity index (χ3n) is 1.76. The molecule has 2 heteroatoms. The fraction of sp³-hybridized carbons (Fsp3) is 0.400. The normalized spacial score (nSPS) is 12.8. The highest BCUT2D eigenvalue weighted by Gasteiger charge is 2.08. The lowest BCUT2D eigenvalue weighted by molar-refractivity contribution is 0.138. The molecule has 0 amide bonds. The van der Waals surface area contributed by atoms with Gasteiger partial charge in [-0.05, 0) is 31.4 Å². The predicted molar refractivity (Wildman–Crippen MR) is 47.7 cm³/mol. The van der Waals surface area contributed by atoms with Crippen LogP contribution in [-0.4, -0.2) is 5.11 Å². The summed E-state index contributed by atoms with van der Waals surface area (Å²) in [6, 6.07) is 3.57. The van der Waals surface area contributed by atoms with E-state index in [0.717, 1.165) is 19.3 Å². The first-order valence-corrected chi connectivity index (χ1v) is 4.17. The van der Waals surface area contributed by atoms with E-state index in [0.29, 0.717) is 5.76 Å². The van der Waals surface area contributed by atoms with Gasteiger partial charge in [-0.1, -0.05) is 6.08 Å². The minimum Gasteiger partial charge on any atom is -0.467 e. The zero-order valence-corrected chi connectivity index (χ0v) is 7.07. The summed E-state index contributed by atoms with van der Waals surface area (Å²) in [6.07, 6.45) is 5.60. The van der Waals surface area contributed by atoms with E-state index in [-0.39, 0.29) is 0 Å². The van der Waals surface area contributed by atoms with Gasteiger partial charge in [0.15, 0.2) is 0 Å². The Bertz CT molecular complexity index is 214. The van der Waals surface area contributed by atoms with Crippen molar-refractivity contribution < 1.29 is 9.52 Å². The fourth-order valence-electron chi connectivity index (χ4n) is 1.08. The van der Waals surface area contributed by atoms with Crippen molar-refractivity contribution in [1.29, 1.82) is 0 Å². The molecule has 1 atom stereocenters. The summed E-state index contributed by atoms with van der Waals surface area (Å²) in [5.41, 5.74) is 0. The highest BCUT2D eigenvalue weighted by molar-refractivity contribution is 5.01. The summed E-state index contributed by atoms with van der Waals surface area (Å²) >= 11 is 0. The molecule has 1 N–H and O–H groups in total. The van der Waals surface area contributed by atoms with Gasteiger partial charge in [0.2, 0.25) is 0 Å². The van der Waals surface area contributed by atoms with Gasteiger partial charge in [0.25, 0.3) is 0 Å². The summed E-state index contributed by atoms with van der Waals surface area (Å²) in [6.45, 7) is 3.62. The van der Waals surface area contributed by atoms with Crippen LogP contribution in [0.5, 0.6) is 0 Å². The second-order valence-electron chi connectivity index (χ2n) is 2.75. The van der Waals surface area contributed by atoms with Gasteiger partial charge in [-0.15, -0.1) is 6.58 Å². The Morgan fingerprint density at radius 2 is 2.50 bits per heavy atom. The smallest absolute Gasteiger partial charge is 0.132 e. The maximum atomic E-state index is 9.51. The Morgan fingerprint density at radius 3 is 3.08 bits per heavy atom. The number of aliphatic hydroxyl groups is 1. The van der Waals surface area contributed by atoms with Gasteiger partial charge in [0, 0.05) is 0 Å².